The molecule has 1 rings (SSSR count). The van der Waals surface area contributed by atoms with Crippen molar-refractivity contribution in [1.29, 1.82) is 0 Å². The van der Waals surface area contributed by atoms with Crippen molar-refractivity contribution in [3.8, 4) is 0 Å². The molecule has 0 aliphatic carbocycles. The summed E-state index contributed by atoms with van der Waals surface area (Å²) in [5.41, 5.74) is 2.72. The first-order valence-electron chi connectivity index (χ1n) is 3.78. The Kier molecular flexibility index (Phi) is 3.71. The first-order chi connectivity index (χ1) is 5.36. The summed E-state index contributed by atoms with van der Waals surface area (Å²) < 4.78 is 0. The SMILES string of the molecule is C[B]Cc1ccc(CBr)cc1. The van der Waals surface area contributed by atoms with Gasteiger partial charge in [-0.3, -0.25) is 0 Å². The van der Waals surface area contributed by atoms with Crippen molar-refractivity contribution in [1.82, 2.24) is 0 Å². The van der Waals surface area contributed by atoms with E-state index in [-0.39, 0.29) is 0 Å². The molecule has 0 aliphatic heterocycles. The minimum Gasteiger partial charge on any atom is -0.0917 e. The Morgan fingerprint density at radius 2 is 1.73 bits per heavy atom. The molecule has 0 amide bonds. The molecule has 0 aliphatic rings. The van der Waals surface area contributed by atoms with E-state index in [9.17, 15) is 0 Å². The third-order valence-corrected chi connectivity index (χ3v) is 2.26. The van der Waals surface area contributed by atoms with E-state index in [0.717, 1.165) is 11.7 Å². The Bertz CT molecular complexity index is 205. The number of hydrogen-bond acceptors (Lipinski definition) is 0. The number of alkyl halides is 1. The van der Waals surface area contributed by atoms with Gasteiger partial charge < -0.3 is 0 Å². The number of halogens is 1. The molecular weight excluding hydrogens is 199 g/mol. The standard InChI is InChI=1S/C9H11BBr/c1-10-6-8-2-4-9(7-11)5-3-8/h2-5H,6-7H2,1H3. The zero-order valence-electron chi connectivity index (χ0n) is 6.68. The molecule has 2 heteroatoms. The predicted octanol–water partition coefficient (Wildman–Crippen LogP) is 2.83. The van der Waals surface area contributed by atoms with Gasteiger partial charge in [0.05, 0.1) is 0 Å². The van der Waals surface area contributed by atoms with Crippen LogP contribution in [-0.2, 0) is 11.7 Å². The van der Waals surface area contributed by atoms with Crippen LogP contribution in [0.4, 0.5) is 0 Å². The van der Waals surface area contributed by atoms with Gasteiger partial charge in [0.15, 0.2) is 0 Å². The molecule has 0 heterocycles. The zero-order valence-corrected chi connectivity index (χ0v) is 8.26. The zero-order chi connectivity index (χ0) is 8.10. The number of benzene rings is 1. The largest absolute Gasteiger partial charge is 0.111 e. The summed E-state index contributed by atoms with van der Waals surface area (Å²) in [7, 11) is 2.17. The van der Waals surface area contributed by atoms with Crippen LogP contribution in [0.15, 0.2) is 24.3 Å². The smallest absolute Gasteiger partial charge is 0.0917 e. The quantitative estimate of drug-likeness (QED) is 0.531. The second kappa shape index (κ2) is 4.60. The Balaban J connectivity index is 2.66. The van der Waals surface area contributed by atoms with Gasteiger partial charge in [-0.2, -0.15) is 0 Å². The van der Waals surface area contributed by atoms with Gasteiger partial charge in [0.25, 0.3) is 0 Å². The Morgan fingerprint density at radius 3 is 2.18 bits per heavy atom. The molecule has 1 radical (unpaired) electrons. The molecule has 0 aromatic heterocycles. The van der Waals surface area contributed by atoms with E-state index >= 15 is 0 Å². The van der Waals surface area contributed by atoms with Crippen LogP contribution in [0.3, 0.4) is 0 Å². The summed E-state index contributed by atoms with van der Waals surface area (Å²) >= 11 is 3.41. The van der Waals surface area contributed by atoms with Crippen LogP contribution in [0.1, 0.15) is 11.1 Å². The highest BCUT2D eigenvalue weighted by Crippen LogP contribution is 2.07. The van der Waals surface area contributed by atoms with E-state index < -0.39 is 0 Å². The summed E-state index contributed by atoms with van der Waals surface area (Å²) in [5.74, 6) is 0. The van der Waals surface area contributed by atoms with Gasteiger partial charge in [-0.1, -0.05) is 58.9 Å². The van der Waals surface area contributed by atoms with Crippen LogP contribution in [-0.4, -0.2) is 7.28 Å². The van der Waals surface area contributed by atoms with Gasteiger partial charge in [-0.05, 0) is 5.56 Å². The molecule has 0 saturated heterocycles. The highest BCUT2D eigenvalue weighted by Gasteiger charge is 1.91. The summed E-state index contributed by atoms with van der Waals surface area (Å²) in [5, 5.41) is 0.948. The van der Waals surface area contributed by atoms with Crippen molar-refractivity contribution in [2.75, 3.05) is 0 Å². The Morgan fingerprint density at radius 1 is 1.18 bits per heavy atom. The molecule has 0 spiro atoms. The second-order valence-electron chi connectivity index (χ2n) is 2.56. The van der Waals surface area contributed by atoms with Crippen molar-refractivity contribution >= 4 is 23.2 Å². The van der Waals surface area contributed by atoms with Gasteiger partial charge in [-0.25, -0.2) is 0 Å². The van der Waals surface area contributed by atoms with Gasteiger partial charge in [-0.15, -0.1) is 0 Å². The molecule has 0 fully saturated rings. The van der Waals surface area contributed by atoms with Gasteiger partial charge in [0, 0.05) is 5.33 Å². The fourth-order valence-corrected chi connectivity index (χ4v) is 1.37. The maximum atomic E-state index is 3.41. The number of hydrogen-bond donors (Lipinski definition) is 0. The second-order valence-corrected chi connectivity index (χ2v) is 3.12. The lowest BCUT2D eigenvalue weighted by molar-refractivity contribution is 1.33. The molecule has 0 saturated carbocycles. The maximum Gasteiger partial charge on any atom is 0.111 e. The lowest BCUT2D eigenvalue weighted by atomic mass is 9.75. The van der Waals surface area contributed by atoms with Crippen LogP contribution in [0.5, 0.6) is 0 Å². The molecule has 1 aromatic rings. The van der Waals surface area contributed by atoms with Gasteiger partial charge >= 0.3 is 0 Å². The average Bonchev–Trinajstić information content (AvgIpc) is 2.07. The fourth-order valence-electron chi connectivity index (χ4n) is 1.00. The summed E-state index contributed by atoms with van der Waals surface area (Å²) in [6, 6.07) is 8.67. The lowest BCUT2D eigenvalue weighted by Gasteiger charge is -1.98. The molecule has 0 bridgehead atoms. The first kappa shape index (κ1) is 8.86. The minimum absolute atomic E-state index is 0.948. The van der Waals surface area contributed by atoms with Crippen LogP contribution in [0.25, 0.3) is 0 Å². The summed E-state index contributed by atoms with van der Waals surface area (Å²) in [6.07, 6.45) is 1.07. The third-order valence-electron chi connectivity index (χ3n) is 1.62. The molecule has 0 atom stereocenters. The third kappa shape index (κ3) is 2.70. The molecule has 1 aromatic carbocycles. The normalized spacial score (nSPS) is 9.64. The van der Waals surface area contributed by atoms with Crippen LogP contribution < -0.4 is 0 Å². The van der Waals surface area contributed by atoms with Crippen molar-refractivity contribution in [2.24, 2.45) is 0 Å². The highest BCUT2D eigenvalue weighted by molar-refractivity contribution is 9.08. The van der Waals surface area contributed by atoms with Crippen LogP contribution in [0, 0.1) is 0 Å². The summed E-state index contributed by atoms with van der Waals surface area (Å²) in [4.78, 5) is 0. The minimum atomic E-state index is 0.948. The van der Waals surface area contributed by atoms with Crippen LogP contribution in [0.2, 0.25) is 6.82 Å². The average molecular weight is 210 g/mol. The molecule has 11 heavy (non-hydrogen) atoms. The lowest BCUT2D eigenvalue weighted by Crippen LogP contribution is -1.90. The van der Waals surface area contributed by atoms with E-state index in [2.05, 4.69) is 54.3 Å². The molecule has 57 valence electrons. The predicted molar refractivity (Wildman–Crippen MR) is 54.4 cm³/mol. The van der Waals surface area contributed by atoms with E-state index in [0.29, 0.717) is 0 Å². The van der Waals surface area contributed by atoms with Gasteiger partial charge in [0.1, 0.15) is 7.28 Å². The summed E-state index contributed by atoms with van der Waals surface area (Å²) in [6.45, 7) is 2.08. The van der Waals surface area contributed by atoms with E-state index in [4.69, 9.17) is 0 Å². The topological polar surface area (TPSA) is 0 Å². The van der Waals surface area contributed by atoms with Crippen molar-refractivity contribution in [3.05, 3.63) is 35.4 Å². The van der Waals surface area contributed by atoms with E-state index in [1.165, 1.54) is 11.1 Å². The van der Waals surface area contributed by atoms with E-state index in [1.54, 1.807) is 0 Å². The number of rotatable bonds is 3. The molecule has 0 N–H and O–H groups in total. The fraction of sp³-hybridized carbons (Fsp3) is 0.333. The molecular formula is C9H11BBr. The first-order valence-corrected chi connectivity index (χ1v) is 4.90. The Labute approximate surface area is 77.4 Å². The van der Waals surface area contributed by atoms with Crippen molar-refractivity contribution in [3.63, 3.8) is 0 Å². The van der Waals surface area contributed by atoms with Gasteiger partial charge in [0.2, 0.25) is 0 Å². The Hall–Kier alpha value is -0.235. The maximum absolute atomic E-state index is 3.41. The highest BCUT2D eigenvalue weighted by atomic mass is 79.9. The molecule has 0 unspecified atom stereocenters. The van der Waals surface area contributed by atoms with Crippen molar-refractivity contribution < 1.29 is 0 Å². The van der Waals surface area contributed by atoms with Crippen molar-refractivity contribution in [2.45, 2.75) is 18.5 Å². The van der Waals surface area contributed by atoms with Crippen LogP contribution >= 0.6 is 15.9 Å². The molecule has 0 nitrogen and oxygen atoms in total. The monoisotopic (exact) mass is 209 g/mol. The van der Waals surface area contributed by atoms with E-state index in [1.807, 2.05) is 0 Å².